The van der Waals surface area contributed by atoms with E-state index in [1.165, 1.54) is 0 Å². The van der Waals surface area contributed by atoms with Gasteiger partial charge in [-0.2, -0.15) is 0 Å². The summed E-state index contributed by atoms with van der Waals surface area (Å²) in [5.41, 5.74) is 0. The van der Waals surface area contributed by atoms with Crippen molar-refractivity contribution in [3.05, 3.63) is 12.2 Å². The molecule has 0 rings (SSSR count). The molecule has 0 saturated heterocycles. The molecule has 0 spiro atoms. The van der Waals surface area contributed by atoms with E-state index in [-0.39, 0.29) is 0 Å². The Bertz CT molecular complexity index is 72.5. The zero-order valence-corrected chi connectivity index (χ0v) is 3.94. The molecule has 0 atom stereocenters. The highest BCUT2D eigenvalue weighted by atomic mass is 13.6. The van der Waals surface area contributed by atoms with Crippen molar-refractivity contribution in [2.75, 3.05) is 0 Å². The van der Waals surface area contributed by atoms with Crippen LogP contribution in [0.5, 0.6) is 0 Å². The quantitative estimate of drug-likeness (QED) is 0.331. The van der Waals surface area contributed by atoms with Crippen molar-refractivity contribution in [3.63, 3.8) is 0 Å². The summed E-state index contributed by atoms with van der Waals surface area (Å²) in [5.74, 6) is 2.48. The van der Waals surface area contributed by atoms with Crippen molar-refractivity contribution in [2.45, 2.75) is 13.3 Å². The summed E-state index contributed by atoms with van der Waals surface area (Å²) in [4.78, 5) is 0. The Labute approximate surface area is 38.9 Å². The molecule has 0 saturated carbocycles. The summed E-state index contributed by atoms with van der Waals surface area (Å²) < 4.78 is 0. The van der Waals surface area contributed by atoms with Gasteiger partial charge >= 0.3 is 0 Å². The summed E-state index contributed by atoms with van der Waals surface area (Å²) in [5, 5.41) is 0. The number of allylic oxidation sites excluding steroid dienone is 2. The van der Waals surface area contributed by atoms with Gasteiger partial charge < -0.3 is 0 Å². The molecule has 0 unspecified atom stereocenters. The lowest BCUT2D eigenvalue weighted by atomic mass is 10.4. The number of hydrogen-bond donors (Lipinski definition) is 0. The van der Waals surface area contributed by atoms with Crippen molar-refractivity contribution in [1.29, 1.82) is 0 Å². The van der Waals surface area contributed by atoms with E-state index in [0.29, 0.717) is 0 Å². The van der Waals surface area contributed by atoms with Crippen molar-refractivity contribution in [1.82, 2.24) is 0 Å². The minimum Gasteiger partial charge on any atom is -0.120 e. The Kier molecular flexibility index (Phi) is 3.80. The second-order valence-corrected chi connectivity index (χ2v) is 0.977. The molecule has 0 aromatic heterocycles. The zero-order chi connectivity index (χ0) is 4.83. The Balaban J connectivity index is 2.92. The monoisotopic (exact) mass is 80.1 g/mol. The average molecular weight is 80.1 g/mol. The highest BCUT2D eigenvalue weighted by Crippen LogP contribution is 1.74. The van der Waals surface area contributed by atoms with Crippen LogP contribution < -0.4 is 0 Å². The summed E-state index contributed by atoms with van der Waals surface area (Å²) in [6.45, 7) is 1.96. The molecule has 0 aliphatic rings. The average Bonchev–Trinajstić information content (AvgIpc) is 1.61. The number of terminal acetylenes is 1. The lowest BCUT2D eigenvalue weighted by Crippen LogP contribution is -1.49. The smallest absolute Gasteiger partial charge is 0.0266 e. The third-order valence-electron chi connectivity index (χ3n) is 0.471. The van der Waals surface area contributed by atoms with Gasteiger partial charge in [0.2, 0.25) is 0 Å². The maximum atomic E-state index is 4.91. The van der Waals surface area contributed by atoms with Crippen LogP contribution in [0, 0.1) is 12.3 Å². The molecule has 0 aliphatic carbocycles. The second kappa shape index (κ2) is 4.30. The van der Waals surface area contributed by atoms with Crippen LogP contribution in [0.2, 0.25) is 0 Å². The van der Waals surface area contributed by atoms with Crippen LogP contribution in [-0.4, -0.2) is 0 Å². The molecule has 0 aromatic carbocycles. The summed E-state index contributed by atoms with van der Waals surface area (Å²) in [6.07, 6.45) is 9.56. The highest BCUT2D eigenvalue weighted by Gasteiger charge is 1.57. The van der Waals surface area contributed by atoms with Gasteiger partial charge in [-0.1, -0.05) is 12.2 Å². The SMILES string of the molecule is C#CC/C=C/C. The molecule has 32 valence electrons. The first-order valence-electron chi connectivity index (χ1n) is 1.96. The third-order valence-corrected chi connectivity index (χ3v) is 0.471. The topological polar surface area (TPSA) is 0 Å². The van der Waals surface area contributed by atoms with Crippen LogP contribution in [-0.2, 0) is 0 Å². The molecule has 0 heteroatoms. The normalized spacial score (nSPS) is 8.67. The lowest BCUT2D eigenvalue weighted by molar-refractivity contribution is 1.45. The molecule has 0 N–H and O–H groups in total. The van der Waals surface area contributed by atoms with Crippen LogP contribution >= 0.6 is 0 Å². The predicted molar refractivity (Wildman–Crippen MR) is 28.3 cm³/mol. The van der Waals surface area contributed by atoms with Gasteiger partial charge in [0.25, 0.3) is 0 Å². The molecule has 0 heterocycles. The molecule has 6 heavy (non-hydrogen) atoms. The largest absolute Gasteiger partial charge is 0.120 e. The molecule has 0 bridgehead atoms. The van der Waals surface area contributed by atoms with Crippen molar-refractivity contribution >= 4 is 0 Å². The second-order valence-electron chi connectivity index (χ2n) is 0.977. The molecule has 0 radical (unpaired) electrons. The molecule has 0 amide bonds. The van der Waals surface area contributed by atoms with Crippen LogP contribution in [0.1, 0.15) is 13.3 Å². The van der Waals surface area contributed by atoms with E-state index in [9.17, 15) is 0 Å². The van der Waals surface area contributed by atoms with Gasteiger partial charge in [-0.3, -0.25) is 0 Å². The minimum absolute atomic E-state index is 0.760. The predicted octanol–water partition coefficient (Wildman–Crippen LogP) is 1.59. The molecular weight excluding hydrogens is 72.1 g/mol. The van der Waals surface area contributed by atoms with E-state index in [4.69, 9.17) is 6.42 Å². The van der Waals surface area contributed by atoms with E-state index in [1.807, 2.05) is 19.1 Å². The fourth-order valence-electron chi connectivity index (χ4n) is 0.186. The summed E-state index contributed by atoms with van der Waals surface area (Å²) in [6, 6.07) is 0. The van der Waals surface area contributed by atoms with E-state index in [2.05, 4.69) is 5.92 Å². The highest BCUT2D eigenvalue weighted by molar-refractivity contribution is 4.94. The minimum atomic E-state index is 0.760. The molecule has 0 nitrogen and oxygen atoms in total. The van der Waals surface area contributed by atoms with E-state index in [1.54, 1.807) is 0 Å². The van der Waals surface area contributed by atoms with Gasteiger partial charge in [0, 0.05) is 6.42 Å². The maximum Gasteiger partial charge on any atom is 0.0266 e. The standard InChI is InChI=1S/C6H8/c1-3-5-6-4-2/h1,4,6H,5H2,2H3/b6-4+. The van der Waals surface area contributed by atoms with Crippen molar-refractivity contribution in [2.24, 2.45) is 0 Å². The van der Waals surface area contributed by atoms with Gasteiger partial charge in [-0.15, -0.1) is 12.3 Å². The fourth-order valence-corrected chi connectivity index (χ4v) is 0.186. The zero-order valence-electron chi connectivity index (χ0n) is 3.94. The summed E-state index contributed by atoms with van der Waals surface area (Å²) >= 11 is 0. The first-order valence-corrected chi connectivity index (χ1v) is 1.96. The van der Waals surface area contributed by atoms with Crippen LogP contribution in [0.4, 0.5) is 0 Å². The maximum absolute atomic E-state index is 4.91. The first kappa shape index (κ1) is 5.30. The lowest BCUT2D eigenvalue weighted by Gasteiger charge is -1.66. The van der Waals surface area contributed by atoms with Gasteiger partial charge in [0.05, 0.1) is 0 Å². The summed E-state index contributed by atoms with van der Waals surface area (Å²) in [7, 11) is 0. The number of rotatable bonds is 1. The van der Waals surface area contributed by atoms with E-state index >= 15 is 0 Å². The Morgan fingerprint density at radius 2 is 2.50 bits per heavy atom. The third kappa shape index (κ3) is 3.30. The fraction of sp³-hybridized carbons (Fsp3) is 0.333. The Morgan fingerprint density at radius 3 is 2.67 bits per heavy atom. The van der Waals surface area contributed by atoms with Gasteiger partial charge in [-0.25, -0.2) is 0 Å². The van der Waals surface area contributed by atoms with Gasteiger partial charge in [-0.05, 0) is 6.92 Å². The molecule has 0 aliphatic heterocycles. The van der Waals surface area contributed by atoms with Gasteiger partial charge in [0.1, 0.15) is 0 Å². The van der Waals surface area contributed by atoms with Crippen LogP contribution in [0.3, 0.4) is 0 Å². The van der Waals surface area contributed by atoms with Crippen molar-refractivity contribution in [3.8, 4) is 12.3 Å². The first-order chi connectivity index (χ1) is 2.91. The van der Waals surface area contributed by atoms with Crippen molar-refractivity contribution < 1.29 is 0 Å². The molecular formula is C6H8. The van der Waals surface area contributed by atoms with Crippen LogP contribution in [0.15, 0.2) is 12.2 Å². The molecule has 0 aromatic rings. The Hall–Kier alpha value is -0.700. The molecule has 0 fully saturated rings. The van der Waals surface area contributed by atoms with E-state index in [0.717, 1.165) is 6.42 Å². The van der Waals surface area contributed by atoms with Crippen LogP contribution in [0.25, 0.3) is 0 Å². The Morgan fingerprint density at radius 1 is 1.83 bits per heavy atom. The van der Waals surface area contributed by atoms with E-state index < -0.39 is 0 Å². The van der Waals surface area contributed by atoms with Gasteiger partial charge in [0.15, 0.2) is 0 Å². The number of hydrogen-bond acceptors (Lipinski definition) is 0.